The Kier molecular flexibility index (Phi) is 6.00. The van der Waals surface area contributed by atoms with Crippen LogP contribution in [0.5, 0.6) is 5.88 Å². The first kappa shape index (κ1) is 22.6. The number of aryl methyl sites for hydroxylation is 1. The number of anilines is 1. The van der Waals surface area contributed by atoms with Crippen LogP contribution in [0.4, 0.5) is 5.95 Å². The number of nitrogens with zero attached hydrogens (tertiary/aromatic N) is 5. The summed E-state index contributed by atoms with van der Waals surface area (Å²) in [5, 5.41) is 15.7. The second-order valence-corrected chi connectivity index (χ2v) is 9.87. The van der Waals surface area contributed by atoms with Gasteiger partial charge in [0.05, 0.1) is 24.1 Å². The lowest BCUT2D eigenvalue weighted by Crippen LogP contribution is -2.22. The van der Waals surface area contributed by atoms with Crippen molar-refractivity contribution in [1.29, 1.82) is 0 Å². The SMILES string of the molecule is Cn1cc(S(=O)(=O)Nc2nc(OCCC(C)(C)O)cc(-c3cccc4cnccc34)n2)cn1. The van der Waals surface area contributed by atoms with Gasteiger partial charge in [0.15, 0.2) is 0 Å². The van der Waals surface area contributed by atoms with E-state index in [0.29, 0.717) is 12.1 Å². The third-order valence-corrected chi connectivity index (χ3v) is 6.12. The van der Waals surface area contributed by atoms with E-state index >= 15 is 0 Å². The zero-order valence-corrected chi connectivity index (χ0v) is 19.2. The Bertz CT molecular complexity index is 1390. The molecule has 0 unspecified atom stereocenters. The summed E-state index contributed by atoms with van der Waals surface area (Å²) in [5.74, 6) is 0.0415. The summed E-state index contributed by atoms with van der Waals surface area (Å²) in [7, 11) is -2.33. The van der Waals surface area contributed by atoms with Crippen LogP contribution in [0.25, 0.3) is 22.0 Å². The molecule has 0 amide bonds. The number of rotatable bonds is 8. The number of fused-ring (bicyclic) bond motifs is 1. The fraction of sp³-hybridized carbons (Fsp3) is 0.273. The number of sulfonamides is 1. The van der Waals surface area contributed by atoms with E-state index in [1.54, 1.807) is 39.4 Å². The Hall–Kier alpha value is -3.57. The molecule has 0 saturated carbocycles. The van der Waals surface area contributed by atoms with E-state index in [2.05, 4.69) is 24.8 Å². The second kappa shape index (κ2) is 8.75. The molecule has 10 nitrogen and oxygen atoms in total. The maximum Gasteiger partial charge on any atom is 0.267 e. The molecule has 33 heavy (non-hydrogen) atoms. The van der Waals surface area contributed by atoms with Crippen molar-refractivity contribution < 1.29 is 18.3 Å². The third kappa shape index (κ3) is 5.44. The normalized spacial score (nSPS) is 12.1. The molecule has 3 aromatic heterocycles. The monoisotopic (exact) mass is 468 g/mol. The molecule has 0 aliphatic carbocycles. The highest BCUT2D eigenvalue weighted by Gasteiger charge is 2.20. The van der Waals surface area contributed by atoms with Crippen molar-refractivity contribution in [2.75, 3.05) is 11.3 Å². The molecule has 2 N–H and O–H groups in total. The molecule has 11 heteroatoms. The van der Waals surface area contributed by atoms with Gasteiger partial charge in [-0.25, -0.2) is 18.1 Å². The molecule has 0 fully saturated rings. The minimum absolute atomic E-state index is 0.0141. The largest absolute Gasteiger partial charge is 0.477 e. The van der Waals surface area contributed by atoms with Gasteiger partial charge in [0.25, 0.3) is 10.0 Å². The second-order valence-electron chi connectivity index (χ2n) is 8.18. The lowest BCUT2D eigenvalue weighted by molar-refractivity contribution is 0.0547. The highest BCUT2D eigenvalue weighted by molar-refractivity contribution is 7.92. The van der Waals surface area contributed by atoms with Crippen LogP contribution in [-0.4, -0.2) is 50.5 Å². The Labute approximate surface area is 191 Å². The molecular formula is C22H24N6O4S. The van der Waals surface area contributed by atoms with E-state index < -0.39 is 15.6 Å². The zero-order valence-electron chi connectivity index (χ0n) is 18.4. The summed E-state index contributed by atoms with van der Waals surface area (Å²) in [6.07, 6.45) is 6.41. The Balaban J connectivity index is 1.75. The highest BCUT2D eigenvalue weighted by atomic mass is 32.2. The van der Waals surface area contributed by atoms with Crippen molar-refractivity contribution in [3.05, 3.63) is 55.1 Å². The van der Waals surface area contributed by atoms with Crippen molar-refractivity contribution >= 4 is 26.7 Å². The first-order valence-electron chi connectivity index (χ1n) is 10.2. The number of aromatic nitrogens is 5. The average Bonchev–Trinajstić information content (AvgIpc) is 3.19. The first-order valence-corrected chi connectivity index (χ1v) is 11.7. The number of nitrogens with one attached hydrogen (secondary N) is 1. The fourth-order valence-corrected chi connectivity index (χ4v) is 4.08. The maximum atomic E-state index is 12.8. The summed E-state index contributed by atoms with van der Waals surface area (Å²) in [6.45, 7) is 3.55. The molecule has 172 valence electrons. The van der Waals surface area contributed by atoms with Gasteiger partial charge in [-0.2, -0.15) is 10.1 Å². The van der Waals surface area contributed by atoms with E-state index in [1.165, 1.54) is 17.1 Å². The molecule has 4 rings (SSSR count). The van der Waals surface area contributed by atoms with Crippen LogP contribution in [0.3, 0.4) is 0 Å². The molecule has 0 atom stereocenters. The van der Waals surface area contributed by atoms with Gasteiger partial charge < -0.3 is 9.84 Å². The molecule has 0 radical (unpaired) electrons. The van der Waals surface area contributed by atoms with E-state index in [-0.39, 0.29) is 23.3 Å². The molecule has 3 heterocycles. The average molecular weight is 469 g/mol. The summed E-state index contributed by atoms with van der Waals surface area (Å²) >= 11 is 0. The predicted octanol–water partition coefficient (Wildman–Crippen LogP) is 2.77. The number of aliphatic hydroxyl groups is 1. The molecule has 4 aromatic rings. The van der Waals surface area contributed by atoms with Gasteiger partial charge in [-0.3, -0.25) is 9.67 Å². The molecule has 0 aliphatic rings. The van der Waals surface area contributed by atoms with Crippen molar-refractivity contribution in [1.82, 2.24) is 24.7 Å². The number of hydrogen-bond donors (Lipinski definition) is 2. The lowest BCUT2D eigenvalue weighted by atomic mass is 10.0. The first-order chi connectivity index (χ1) is 15.6. The standard InChI is InChI=1S/C22H24N6O4S/c1-22(2,29)8-10-32-20-11-19(18-6-4-5-15-12-23-9-7-17(15)18)25-21(26-20)27-33(30,31)16-13-24-28(3)14-16/h4-7,9,11-14,29H,8,10H2,1-3H3,(H,25,26,27). The van der Waals surface area contributed by atoms with Crippen LogP contribution >= 0.6 is 0 Å². The molecule has 1 aromatic carbocycles. The summed E-state index contributed by atoms with van der Waals surface area (Å²) in [4.78, 5) is 12.8. The van der Waals surface area contributed by atoms with Gasteiger partial charge in [0.1, 0.15) is 4.90 Å². The summed E-state index contributed by atoms with van der Waals surface area (Å²) in [6, 6.07) is 9.18. The smallest absolute Gasteiger partial charge is 0.267 e. The Morgan fingerprint density at radius 3 is 2.73 bits per heavy atom. The Morgan fingerprint density at radius 1 is 1.18 bits per heavy atom. The van der Waals surface area contributed by atoms with Crippen LogP contribution in [0.1, 0.15) is 20.3 Å². The molecule has 0 aliphatic heterocycles. The van der Waals surface area contributed by atoms with Gasteiger partial charge in [0, 0.05) is 49.1 Å². The van der Waals surface area contributed by atoms with Crippen LogP contribution < -0.4 is 9.46 Å². The lowest BCUT2D eigenvalue weighted by Gasteiger charge is -2.17. The predicted molar refractivity (Wildman–Crippen MR) is 123 cm³/mol. The van der Waals surface area contributed by atoms with Crippen LogP contribution in [-0.2, 0) is 17.1 Å². The van der Waals surface area contributed by atoms with Gasteiger partial charge in [0.2, 0.25) is 11.8 Å². The molecular weight excluding hydrogens is 444 g/mol. The number of pyridine rings is 1. The van der Waals surface area contributed by atoms with Gasteiger partial charge in [-0.1, -0.05) is 18.2 Å². The van der Waals surface area contributed by atoms with E-state index in [9.17, 15) is 13.5 Å². The number of ether oxygens (including phenoxy) is 1. The Morgan fingerprint density at radius 2 is 2.00 bits per heavy atom. The van der Waals surface area contributed by atoms with Crippen molar-refractivity contribution in [2.45, 2.75) is 30.8 Å². The van der Waals surface area contributed by atoms with Gasteiger partial charge >= 0.3 is 0 Å². The third-order valence-electron chi connectivity index (χ3n) is 4.84. The quantitative estimate of drug-likeness (QED) is 0.403. The summed E-state index contributed by atoms with van der Waals surface area (Å²) < 4.78 is 35.2. The topological polar surface area (TPSA) is 132 Å². The highest BCUT2D eigenvalue weighted by Crippen LogP contribution is 2.30. The van der Waals surface area contributed by atoms with Crippen molar-refractivity contribution in [3.63, 3.8) is 0 Å². The van der Waals surface area contributed by atoms with Gasteiger partial charge in [-0.05, 0) is 25.3 Å². The minimum Gasteiger partial charge on any atom is -0.477 e. The number of hydrogen-bond acceptors (Lipinski definition) is 8. The molecule has 0 saturated heterocycles. The maximum absolute atomic E-state index is 12.8. The van der Waals surface area contributed by atoms with Crippen LogP contribution in [0, 0.1) is 0 Å². The van der Waals surface area contributed by atoms with Crippen LogP contribution in [0.15, 0.2) is 60.0 Å². The molecule has 0 spiro atoms. The zero-order chi connectivity index (χ0) is 23.6. The number of benzene rings is 1. The van der Waals surface area contributed by atoms with Crippen molar-refractivity contribution in [3.8, 4) is 17.1 Å². The minimum atomic E-state index is -3.96. The van der Waals surface area contributed by atoms with Crippen molar-refractivity contribution in [2.24, 2.45) is 7.05 Å². The van der Waals surface area contributed by atoms with E-state index in [1.807, 2.05) is 24.3 Å². The molecule has 0 bridgehead atoms. The van der Waals surface area contributed by atoms with Gasteiger partial charge in [-0.15, -0.1) is 0 Å². The summed E-state index contributed by atoms with van der Waals surface area (Å²) in [5.41, 5.74) is 0.332. The van der Waals surface area contributed by atoms with E-state index in [4.69, 9.17) is 4.74 Å². The van der Waals surface area contributed by atoms with Crippen LogP contribution in [0.2, 0.25) is 0 Å². The van der Waals surface area contributed by atoms with E-state index in [0.717, 1.165) is 16.3 Å². The fourth-order valence-electron chi connectivity index (χ4n) is 3.15.